The first kappa shape index (κ1) is 31.3. The maximum Gasteiger partial charge on any atom is 0.108 e. The van der Waals surface area contributed by atoms with Gasteiger partial charge < -0.3 is 22.1 Å². The lowest BCUT2D eigenvalue weighted by Crippen LogP contribution is -2.59. The van der Waals surface area contributed by atoms with E-state index in [1.807, 2.05) is 0 Å². The highest BCUT2D eigenvalue weighted by Gasteiger charge is 2.34. The third kappa shape index (κ3) is 10.1. The molecule has 6 unspecified atom stereocenters. The maximum absolute atomic E-state index is 6.46. The van der Waals surface area contributed by atoms with Crippen LogP contribution in [0.2, 0.25) is 0 Å². The SMILES string of the molecule is CCCN=C(N)CN1CCC(C)NC2CCCCC2N(CC(N)=NCCC)CCC(C)NC2CCCCC21. The fourth-order valence-corrected chi connectivity index (χ4v) is 6.85. The Balaban J connectivity index is 1.81. The molecule has 1 heterocycles. The van der Waals surface area contributed by atoms with Gasteiger partial charge in [-0.1, -0.05) is 39.5 Å². The molecule has 3 rings (SSSR count). The lowest BCUT2D eigenvalue weighted by molar-refractivity contribution is 0.101. The van der Waals surface area contributed by atoms with Gasteiger partial charge in [-0.3, -0.25) is 19.8 Å². The van der Waals surface area contributed by atoms with Crippen molar-refractivity contribution in [3.63, 3.8) is 0 Å². The lowest BCUT2D eigenvalue weighted by Gasteiger charge is -2.44. The molecule has 6 atom stereocenters. The summed E-state index contributed by atoms with van der Waals surface area (Å²) in [5.74, 6) is 1.60. The third-order valence-electron chi connectivity index (χ3n) is 8.90. The molecular formula is C30H60N8. The number of nitrogens with zero attached hydrogens (tertiary/aromatic N) is 4. The molecule has 1 aliphatic heterocycles. The van der Waals surface area contributed by atoms with Crippen LogP contribution >= 0.6 is 0 Å². The van der Waals surface area contributed by atoms with Gasteiger partial charge in [-0.05, 0) is 65.2 Å². The lowest BCUT2D eigenvalue weighted by atomic mass is 9.87. The Morgan fingerprint density at radius 2 is 1.05 bits per heavy atom. The summed E-state index contributed by atoms with van der Waals surface area (Å²) >= 11 is 0. The smallest absolute Gasteiger partial charge is 0.108 e. The summed E-state index contributed by atoms with van der Waals surface area (Å²) in [7, 11) is 0. The second-order valence-electron chi connectivity index (χ2n) is 12.3. The Labute approximate surface area is 233 Å². The van der Waals surface area contributed by atoms with Gasteiger partial charge in [0.2, 0.25) is 0 Å². The van der Waals surface area contributed by atoms with Gasteiger partial charge in [0, 0.05) is 62.4 Å². The number of amidine groups is 2. The summed E-state index contributed by atoms with van der Waals surface area (Å²) in [5.41, 5.74) is 12.9. The van der Waals surface area contributed by atoms with Gasteiger partial charge in [0.05, 0.1) is 13.1 Å². The molecule has 0 aromatic rings. The van der Waals surface area contributed by atoms with Crippen LogP contribution in [0.25, 0.3) is 0 Å². The monoisotopic (exact) mass is 532 g/mol. The molecule has 0 radical (unpaired) electrons. The molecule has 0 bridgehead atoms. The maximum atomic E-state index is 6.46. The molecule has 3 aliphatic rings. The van der Waals surface area contributed by atoms with Crippen molar-refractivity contribution in [1.29, 1.82) is 0 Å². The summed E-state index contributed by atoms with van der Waals surface area (Å²) < 4.78 is 0. The molecular weight excluding hydrogens is 472 g/mol. The number of aliphatic imine (C=N–C) groups is 2. The molecule has 0 spiro atoms. The van der Waals surface area contributed by atoms with Gasteiger partial charge >= 0.3 is 0 Å². The van der Waals surface area contributed by atoms with E-state index in [2.05, 4.69) is 58.1 Å². The van der Waals surface area contributed by atoms with Gasteiger partial charge in [-0.15, -0.1) is 0 Å². The minimum Gasteiger partial charge on any atom is -0.386 e. The van der Waals surface area contributed by atoms with Crippen LogP contribution in [0.1, 0.15) is 105 Å². The van der Waals surface area contributed by atoms with Gasteiger partial charge in [0.25, 0.3) is 0 Å². The topological polar surface area (TPSA) is 107 Å². The molecule has 3 fully saturated rings. The van der Waals surface area contributed by atoms with Crippen LogP contribution in [-0.2, 0) is 0 Å². The van der Waals surface area contributed by atoms with Crippen LogP contribution in [0.3, 0.4) is 0 Å². The van der Waals surface area contributed by atoms with E-state index in [0.717, 1.165) is 76.6 Å². The summed E-state index contributed by atoms with van der Waals surface area (Å²) in [4.78, 5) is 14.7. The number of hydrogen-bond acceptors (Lipinski definition) is 6. The molecule has 6 N–H and O–H groups in total. The van der Waals surface area contributed by atoms with E-state index in [9.17, 15) is 0 Å². The van der Waals surface area contributed by atoms with Gasteiger partial charge in [0.15, 0.2) is 0 Å². The standard InChI is InChI=1S/C30H60N8/c1-5-17-33-29(31)21-37-19-15-23(3)36-26-12-8-10-14-28(26)38(22-30(32)34-18-6-2)20-16-24(4)35-25-11-7-9-13-27(25)37/h23-28,35-36H,5-22H2,1-4H3,(H2,31,33)(H2,32,34). The number of hydrogen-bond donors (Lipinski definition) is 4. The van der Waals surface area contributed by atoms with E-state index in [4.69, 9.17) is 11.5 Å². The van der Waals surface area contributed by atoms with Crippen LogP contribution in [0.4, 0.5) is 0 Å². The van der Waals surface area contributed by atoms with Crippen LogP contribution < -0.4 is 22.1 Å². The summed E-state index contributed by atoms with van der Waals surface area (Å²) in [6, 6.07) is 2.98. The summed E-state index contributed by atoms with van der Waals surface area (Å²) in [5, 5.41) is 8.17. The van der Waals surface area contributed by atoms with Crippen molar-refractivity contribution in [2.24, 2.45) is 21.5 Å². The molecule has 0 aromatic carbocycles. The van der Waals surface area contributed by atoms with Crippen LogP contribution in [0.15, 0.2) is 9.98 Å². The highest BCUT2D eigenvalue weighted by Crippen LogP contribution is 2.27. The molecule has 38 heavy (non-hydrogen) atoms. The Hall–Kier alpha value is -1.22. The molecule has 8 nitrogen and oxygen atoms in total. The minimum absolute atomic E-state index is 0.460. The van der Waals surface area contributed by atoms with E-state index in [1.54, 1.807) is 0 Å². The first-order valence-corrected chi connectivity index (χ1v) is 16.0. The Morgan fingerprint density at radius 3 is 1.45 bits per heavy atom. The van der Waals surface area contributed by atoms with Crippen molar-refractivity contribution >= 4 is 11.7 Å². The second kappa shape index (κ2) is 16.8. The zero-order chi connectivity index (χ0) is 27.3. The predicted octanol–water partition coefficient (Wildman–Crippen LogP) is 3.50. The van der Waals surface area contributed by atoms with Crippen molar-refractivity contribution < 1.29 is 0 Å². The van der Waals surface area contributed by atoms with Crippen molar-refractivity contribution in [2.45, 2.75) is 141 Å². The van der Waals surface area contributed by atoms with Crippen molar-refractivity contribution in [2.75, 3.05) is 39.3 Å². The molecule has 1 saturated heterocycles. The van der Waals surface area contributed by atoms with Crippen molar-refractivity contribution in [3.8, 4) is 0 Å². The Morgan fingerprint density at radius 1 is 0.658 bits per heavy atom. The minimum atomic E-state index is 0.460. The highest BCUT2D eigenvalue weighted by molar-refractivity contribution is 5.82. The number of fused-ring (bicyclic) bond motifs is 2. The van der Waals surface area contributed by atoms with E-state index < -0.39 is 0 Å². The first-order chi connectivity index (χ1) is 18.4. The fourth-order valence-electron chi connectivity index (χ4n) is 6.85. The zero-order valence-electron chi connectivity index (χ0n) is 25.1. The van der Waals surface area contributed by atoms with Crippen LogP contribution in [0, 0.1) is 0 Å². The average Bonchev–Trinajstić information content (AvgIpc) is 2.91. The molecule has 2 aliphatic carbocycles. The normalized spacial score (nSPS) is 33.8. The van der Waals surface area contributed by atoms with Gasteiger partial charge in [-0.25, -0.2) is 0 Å². The van der Waals surface area contributed by atoms with E-state index in [1.165, 1.54) is 51.4 Å². The third-order valence-corrected chi connectivity index (χ3v) is 8.90. The molecule has 0 amide bonds. The van der Waals surface area contributed by atoms with Gasteiger partial charge in [0.1, 0.15) is 11.7 Å². The summed E-state index contributed by atoms with van der Waals surface area (Å²) in [6.07, 6.45) is 14.6. The predicted molar refractivity (Wildman–Crippen MR) is 163 cm³/mol. The zero-order valence-corrected chi connectivity index (χ0v) is 25.1. The quantitative estimate of drug-likeness (QED) is 0.282. The van der Waals surface area contributed by atoms with E-state index in [0.29, 0.717) is 36.3 Å². The average molecular weight is 533 g/mol. The second-order valence-corrected chi connectivity index (χ2v) is 12.3. The Bertz CT molecular complexity index is 665. The van der Waals surface area contributed by atoms with Crippen LogP contribution in [-0.4, -0.2) is 97.0 Å². The molecule has 220 valence electrons. The highest BCUT2D eigenvalue weighted by atomic mass is 15.2. The largest absolute Gasteiger partial charge is 0.386 e. The van der Waals surface area contributed by atoms with E-state index in [-0.39, 0.29) is 0 Å². The van der Waals surface area contributed by atoms with E-state index >= 15 is 0 Å². The number of nitrogens with one attached hydrogen (secondary N) is 2. The number of nitrogens with two attached hydrogens (primary N) is 2. The van der Waals surface area contributed by atoms with Gasteiger partial charge in [-0.2, -0.15) is 0 Å². The molecule has 8 heteroatoms. The Kier molecular flexibility index (Phi) is 13.8. The molecule has 2 saturated carbocycles. The number of rotatable bonds is 8. The summed E-state index contributed by atoms with van der Waals surface area (Å²) in [6.45, 7) is 14.5. The first-order valence-electron chi connectivity index (χ1n) is 16.0. The van der Waals surface area contributed by atoms with Crippen molar-refractivity contribution in [1.82, 2.24) is 20.4 Å². The molecule has 0 aromatic heterocycles. The van der Waals surface area contributed by atoms with Crippen LogP contribution in [0.5, 0.6) is 0 Å². The fraction of sp³-hybridized carbons (Fsp3) is 0.933. The van der Waals surface area contributed by atoms with Crippen molar-refractivity contribution in [3.05, 3.63) is 0 Å².